The minimum absolute atomic E-state index is 0.239. The van der Waals surface area contributed by atoms with Gasteiger partial charge in [0.25, 0.3) is 0 Å². The summed E-state index contributed by atoms with van der Waals surface area (Å²) in [5.74, 6) is -0.442. The van der Waals surface area contributed by atoms with Gasteiger partial charge in [-0.3, -0.25) is 0 Å². The number of nitriles is 1. The van der Waals surface area contributed by atoms with Crippen LogP contribution in [0.1, 0.15) is 11.1 Å². The number of nitrogens with zero attached hydrogens (tertiary/aromatic N) is 1. The molecule has 2 aromatic carbocycles. The van der Waals surface area contributed by atoms with Crippen molar-refractivity contribution in [3.63, 3.8) is 0 Å². The summed E-state index contributed by atoms with van der Waals surface area (Å²) in [6.07, 6.45) is 0. The van der Waals surface area contributed by atoms with Gasteiger partial charge in [0.05, 0.1) is 16.9 Å². The third-order valence-corrected chi connectivity index (χ3v) is 3.68. The Bertz CT molecular complexity index is 680. The molecule has 0 saturated carbocycles. The first kappa shape index (κ1) is 13.9. The zero-order valence-electron chi connectivity index (χ0n) is 9.97. The lowest BCUT2D eigenvalue weighted by Gasteiger charge is -2.12. The smallest absolute Gasteiger partial charge is 0.124 e. The molecule has 2 rings (SSSR count). The summed E-state index contributed by atoms with van der Waals surface area (Å²) in [5, 5.41) is 12.7. The normalized spacial score (nSPS) is 10.1. The molecule has 0 spiro atoms. The summed E-state index contributed by atoms with van der Waals surface area (Å²) in [6, 6.07) is 9.59. The Balaban J connectivity index is 2.42. The second kappa shape index (κ2) is 5.60. The van der Waals surface area contributed by atoms with Gasteiger partial charge in [-0.15, -0.1) is 0 Å². The summed E-state index contributed by atoms with van der Waals surface area (Å²) in [4.78, 5) is 0. The van der Waals surface area contributed by atoms with Crippen LogP contribution in [0.3, 0.4) is 0 Å². The van der Waals surface area contributed by atoms with E-state index < -0.39 is 5.82 Å². The van der Waals surface area contributed by atoms with E-state index in [9.17, 15) is 4.39 Å². The molecule has 0 aromatic heterocycles. The van der Waals surface area contributed by atoms with Crippen LogP contribution in [0, 0.1) is 24.1 Å². The van der Waals surface area contributed by atoms with Gasteiger partial charge in [0.15, 0.2) is 0 Å². The van der Waals surface area contributed by atoms with Gasteiger partial charge in [0.2, 0.25) is 0 Å². The van der Waals surface area contributed by atoms with Crippen LogP contribution in [0.15, 0.2) is 34.8 Å². The maximum Gasteiger partial charge on any atom is 0.124 e. The summed E-state index contributed by atoms with van der Waals surface area (Å²) >= 11 is 9.49. The molecule has 0 atom stereocenters. The summed E-state index contributed by atoms with van der Waals surface area (Å²) in [5.41, 5.74) is 2.44. The molecule has 0 aliphatic carbocycles. The van der Waals surface area contributed by atoms with E-state index >= 15 is 0 Å². The quantitative estimate of drug-likeness (QED) is 0.819. The minimum Gasteiger partial charge on any atom is -0.353 e. The highest BCUT2D eigenvalue weighted by molar-refractivity contribution is 9.10. The number of aryl methyl sites for hydroxylation is 1. The molecule has 0 radical (unpaired) electrons. The summed E-state index contributed by atoms with van der Waals surface area (Å²) < 4.78 is 13.9. The zero-order chi connectivity index (χ0) is 14.0. The first-order valence-electron chi connectivity index (χ1n) is 5.43. The first-order valence-corrected chi connectivity index (χ1v) is 6.60. The van der Waals surface area contributed by atoms with Crippen LogP contribution >= 0.6 is 27.5 Å². The Kier molecular flexibility index (Phi) is 4.08. The molecule has 19 heavy (non-hydrogen) atoms. The van der Waals surface area contributed by atoms with Crippen LogP contribution in [0.2, 0.25) is 5.02 Å². The van der Waals surface area contributed by atoms with Crippen molar-refractivity contribution in [3.05, 3.63) is 56.8 Å². The van der Waals surface area contributed by atoms with Gasteiger partial charge >= 0.3 is 0 Å². The standard InChI is InChI=1S/C14H9BrClFN2/c1-8-4-11(15)14(6-12(8)16)19-13-3-2-10(17)5-9(13)7-18/h2-6,19H,1H3. The van der Waals surface area contributed by atoms with E-state index in [2.05, 4.69) is 21.2 Å². The van der Waals surface area contributed by atoms with E-state index in [-0.39, 0.29) is 5.56 Å². The number of benzene rings is 2. The number of nitrogens with one attached hydrogen (secondary N) is 1. The fraction of sp³-hybridized carbons (Fsp3) is 0.0714. The molecule has 0 aliphatic rings. The fourth-order valence-corrected chi connectivity index (χ4v) is 2.33. The van der Waals surface area contributed by atoms with E-state index in [0.29, 0.717) is 10.7 Å². The Labute approximate surface area is 123 Å². The number of halogens is 3. The molecular formula is C14H9BrClFN2. The number of hydrogen-bond acceptors (Lipinski definition) is 2. The molecule has 0 heterocycles. The topological polar surface area (TPSA) is 35.8 Å². The van der Waals surface area contributed by atoms with Crippen LogP contribution in [0.25, 0.3) is 0 Å². The molecule has 5 heteroatoms. The summed E-state index contributed by atoms with van der Waals surface area (Å²) in [6.45, 7) is 1.90. The van der Waals surface area contributed by atoms with Gasteiger partial charge in [-0.25, -0.2) is 4.39 Å². The average molecular weight is 340 g/mol. The second-order valence-corrected chi connectivity index (χ2v) is 5.27. The first-order chi connectivity index (χ1) is 9.01. The number of rotatable bonds is 2. The molecule has 0 bridgehead atoms. The monoisotopic (exact) mass is 338 g/mol. The maximum atomic E-state index is 13.1. The van der Waals surface area contributed by atoms with Crippen molar-refractivity contribution in [1.82, 2.24) is 0 Å². The Morgan fingerprint density at radius 1 is 1.26 bits per heavy atom. The Hall–Kier alpha value is -1.57. The zero-order valence-corrected chi connectivity index (χ0v) is 12.3. The molecule has 0 aliphatic heterocycles. The summed E-state index contributed by atoms with van der Waals surface area (Å²) in [7, 11) is 0. The van der Waals surface area contributed by atoms with Crippen LogP contribution < -0.4 is 5.32 Å². The van der Waals surface area contributed by atoms with Gasteiger partial charge in [-0.1, -0.05) is 11.6 Å². The molecule has 2 aromatic rings. The molecule has 2 nitrogen and oxygen atoms in total. The van der Waals surface area contributed by atoms with Gasteiger partial charge in [0, 0.05) is 9.50 Å². The number of hydrogen-bond donors (Lipinski definition) is 1. The van der Waals surface area contributed by atoms with Crippen molar-refractivity contribution in [2.45, 2.75) is 6.92 Å². The molecular weight excluding hydrogens is 331 g/mol. The highest BCUT2D eigenvalue weighted by Crippen LogP contribution is 2.32. The predicted molar refractivity (Wildman–Crippen MR) is 78.3 cm³/mol. The average Bonchev–Trinajstić information content (AvgIpc) is 2.37. The lowest BCUT2D eigenvalue weighted by molar-refractivity contribution is 0.627. The highest BCUT2D eigenvalue weighted by atomic mass is 79.9. The van der Waals surface area contributed by atoms with Crippen molar-refractivity contribution < 1.29 is 4.39 Å². The molecule has 0 unspecified atom stereocenters. The lowest BCUT2D eigenvalue weighted by atomic mass is 10.1. The van der Waals surface area contributed by atoms with Gasteiger partial charge in [-0.2, -0.15) is 5.26 Å². The minimum atomic E-state index is -0.442. The van der Waals surface area contributed by atoms with Crippen LogP contribution in [-0.4, -0.2) is 0 Å². The third kappa shape index (κ3) is 3.06. The molecule has 0 fully saturated rings. The van der Waals surface area contributed by atoms with E-state index in [1.54, 1.807) is 6.07 Å². The third-order valence-electron chi connectivity index (χ3n) is 2.62. The van der Waals surface area contributed by atoms with Crippen LogP contribution in [0.5, 0.6) is 0 Å². The van der Waals surface area contributed by atoms with Crippen molar-refractivity contribution in [1.29, 1.82) is 5.26 Å². The van der Waals surface area contributed by atoms with Gasteiger partial charge in [0.1, 0.15) is 11.9 Å². The molecule has 1 N–H and O–H groups in total. The Morgan fingerprint density at radius 2 is 2.00 bits per heavy atom. The van der Waals surface area contributed by atoms with Gasteiger partial charge < -0.3 is 5.32 Å². The maximum absolute atomic E-state index is 13.1. The van der Waals surface area contributed by atoms with Crippen LogP contribution in [-0.2, 0) is 0 Å². The van der Waals surface area contributed by atoms with Crippen LogP contribution in [0.4, 0.5) is 15.8 Å². The van der Waals surface area contributed by atoms with Crippen molar-refractivity contribution >= 4 is 38.9 Å². The number of anilines is 2. The fourth-order valence-electron chi connectivity index (χ4n) is 1.61. The van der Waals surface area contributed by atoms with Crippen molar-refractivity contribution in [2.75, 3.05) is 5.32 Å². The molecule has 96 valence electrons. The molecule has 0 saturated heterocycles. The van der Waals surface area contributed by atoms with Gasteiger partial charge in [-0.05, 0) is 58.7 Å². The largest absolute Gasteiger partial charge is 0.353 e. The predicted octanol–water partition coefficient (Wildman–Crippen LogP) is 5.17. The van der Waals surface area contributed by atoms with E-state index in [1.807, 2.05) is 19.1 Å². The highest BCUT2D eigenvalue weighted by Gasteiger charge is 2.08. The lowest BCUT2D eigenvalue weighted by Crippen LogP contribution is -1.96. The molecule has 0 amide bonds. The SMILES string of the molecule is Cc1cc(Br)c(Nc2ccc(F)cc2C#N)cc1Cl. The second-order valence-electron chi connectivity index (χ2n) is 4.01. The Morgan fingerprint density at radius 3 is 2.68 bits per heavy atom. The van der Waals surface area contributed by atoms with Crippen molar-refractivity contribution in [3.8, 4) is 6.07 Å². The van der Waals surface area contributed by atoms with Crippen molar-refractivity contribution in [2.24, 2.45) is 0 Å². The van der Waals surface area contributed by atoms with E-state index in [4.69, 9.17) is 16.9 Å². The van der Waals surface area contributed by atoms with E-state index in [1.165, 1.54) is 18.2 Å². The van der Waals surface area contributed by atoms with E-state index in [0.717, 1.165) is 15.7 Å².